The molecule has 1 aromatic carbocycles. The Morgan fingerprint density at radius 2 is 1.83 bits per heavy atom. The molecule has 0 saturated heterocycles. The summed E-state index contributed by atoms with van der Waals surface area (Å²) in [5.41, 5.74) is 3.22. The largest absolute Gasteiger partial charge is 0.294 e. The fraction of sp³-hybridized carbons (Fsp3) is 0.481. The molecule has 1 aromatic rings. The van der Waals surface area contributed by atoms with Crippen LogP contribution in [0.15, 0.2) is 58.5 Å². The summed E-state index contributed by atoms with van der Waals surface area (Å²) in [5.74, 6) is 2.02. The zero-order valence-electron chi connectivity index (χ0n) is 18.1. The van der Waals surface area contributed by atoms with Crippen LogP contribution in [-0.2, 0) is 9.59 Å². The molecule has 0 bridgehead atoms. The molecule has 0 aliphatic heterocycles. The lowest BCUT2D eigenvalue weighted by molar-refractivity contribution is -0.129. The molecule has 0 heterocycles. The second-order valence-electron chi connectivity index (χ2n) is 10.0. The molecule has 4 aliphatic carbocycles. The van der Waals surface area contributed by atoms with Crippen LogP contribution in [0.5, 0.6) is 0 Å². The number of thioether (sulfide) groups is 1. The number of Topliss-reactive ketones (excluding diaryl/α,β-unsaturated/α-hetero) is 1. The van der Waals surface area contributed by atoms with E-state index in [0.29, 0.717) is 23.5 Å². The standard InChI is InChI=1S/C27H30O2S/c1-26-12-10-20(28)16-19(26)6-9-22-23(26)11-13-27(2)24(22)15-18(25(27)29)14-17-4-7-21(30-3)8-5-17/h4-5,7-8,10,12,14,16,22-24H,6,9,11,13,15H2,1-3H3/t22-,23+,24+,26+,27+/m1/s1. The smallest absolute Gasteiger partial charge is 0.178 e. The number of fused-ring (bicyclic) bond motifs is 5. The predicted molar refractivity (Wildman–Crippen MR) is 123 cm³/mol. The number of carbonyl (C=O) groups excluding carboxylic acids is 2. The van der Waals surface area contributed by atoms with Crippen LogP contribution in [-0.4, -0.2) is 17.8 Å². The SMILES string of the molecule is CSc1ccc(C=C2C[C@H]3[C@@H]4CCC5=CC(=O)C=C[C@]5(C)[C@H]4CC[C@]3(C)C2=O)cc1. The van der Waals surface area contributed by atoms with E-state index >= 15 is 0 Å². The Labute approximate surface area is 183 Å². The monoisotopic (exact) mass is 418 g/mol. The highest BCUT2D eigenvalue weighted by molar-refractivity contribution is 7.98. The van der Waals surface area contributed by atoms with Crippen molar-refractivity contribution in [2.45, 2.75) is 50.8 Å². The molecule has 2 nitrogen and oxygen atoms in total. The van der Waals surface area contributed by atoms with Crippen LogP contribution in [0, 0.1) is 28.6 Å². The Balaban J connectivity index is 1.46. The van der Waals surface area contributed by atoms with Gasteiger partial charge >= 0.3 is 0 Å². The van der Waals surface area contributed by atoms with Crippen LogP contribution >= 0.6 is 11.8 Å². The average Bonchev–Trinajstić information content (AvgIpc) is 3.00. The van der Waals surface area contributed by atoms with Crippen molar-refractivity contribution >= 4 is 29.4 Å². The van der Waals surface area contributed by atoms with Crippen molar-refractivity contribution < 1.29 is 9.59 Å². The van der Waals surface area contributed by atoms with Crippen LogP contribution in [0.2, 0.25) is 0 Å². The van der Waals surface area contributed by atoms with Crippen LogP contribution in [0.3, 0.4) is 0 Å². The maximum Gasteiger partial charge on any atom is 0.178 e. The van der Waals surface area contributed by atoms with Gasteiger partial charge in [-0.2, -0.15) is 0 Å². The second kappa shape index (κ2) is 7.09. The minimum absolute atomic E-state index is 0.0126. The third-order valence-corrected chi connectivity index (χ3v) is 9.40. The zero-order chi connectivity index (χ0) is 21.1. The van der Waals surface area contributed by atoms with Gasteiger partial charge in [-0.25, -0.2) is 0 Å². The molecule has 30 heavy (non-hydrogen) atoms. The average molecular weight is 419 g/mol. The van der Waals surface area contributed by atoms with Gasteiger partial charge in [0.05, 0.1) is 0 Å². The molecule has 156 valence electrons. The van der Waals surface area contributed by atoms with E-state index in [1.54, 1.807) is 17.8 Å². The van der Waals surface area contributed by atoms with Crippen LogP contribution in [0.1, 0.15) is 51.5 Å². The van der Waals surface area contributed by atoms with Gasteiger partial charge < -0.3 is 0 Å². The van der Waals surface area contributed by atoms with Crippen LogP contribution in [0.4, 0.5) is 0 Å². The summed E-state index contributed by atoms with van der Waals surface area (Å²) in [6, 6.07) is 8.52. The topological polar surface area (TPSA) is 34.1 Å². The molecule has 3 saturated carbocycles. The molecular weight excluding hydrogens is 388 g/mol. The van der Waals surface area contributed by atoms with Gasteiger partial charge in [-0.15, -0.1) is 11.8 Å². The summed E-state index contributed by atoms with van der Waals surface area (Å²) in [7, 11) is 0. The van der Waals surface area contributed by atoms with E-state index in [1.807, 2.05) is 6.08 Å². The van der Waals surface area contributed by atoms with Crippen molar-refractivity contribution in [2.24, 2.45) is 28.6 Å². The first-order valence-corrected chi connectivity index (χ1v) is 12.4. The molecule has 0 aromatic heterocycles. The number of hydrogen-bond donors (Lipinski definition) is 0. The molecule has 5 atom stereocenters. The Morgan fingerprint density at radius 1 is 1.07 bits per heavy atom. The maximum absolute atomic E-state index is 13.5. The minimum atomic E-state index is -0.224. The molecule has 3 heteroatoms. The molecule has 0 spiro atoms. The molecule has 0 N–H and O–H groups in total. The van der Waals surface area contributed by atoms with Crippen molar-refractivity contribution in [3.05, 3.63) is 59.2 Å². The normalized spacial score (nSPS) is 38.8. The summed E-state index contributed by atoms with van der Waals surface area (Å²) >= 11 is 1.74. The first kappa shape index (κ1) is 20.1. The van der Waals surface area contributed by atoms with Crippen molar-refractivity contribution in [3.8, 4) is 0 Å². The number of ketones is 2. The highest BCUT2D eigenvalue weighted by Gasteiger charge is 2.59. The third-order valence-electron chi connectivity index (χ3n) is 8.65. The number of carbonyl (C=O) groups is 2. The summed E-state index contributed by atoms with van der Waals surface area (Å²) < 4.78 is 0. The van der Waals surface area contributed by atoms with E-state index in [-0.39, 0.29) is 16.6 Å². The Hall–Kier alpha value is -1.87. The molecule has 3 fully saturated rings. The van der Waals surface area contributed by atoms with Gasteiger partial charge in [-0.3, -0.25) is 9.59 Å². The highest BCUT2D eigenvalue weighted by Crippen LogP contribution is 2.64. The minimum Gasteiger partial charge on any atom is -0.294 e. The highest BCUT2D eigenvalue weighted by atomic mass is 32.2. The first-order valence-electron chi connectivity index (χ1n) is 11.2. The molecule has 5 rings (SSSR count). The zero-order valence-corrected chi connectivity index (χ0v) is 18.9. The van der Waals surface area contributed by atoms with Gasteiger partial charge in [0.15, 0.2) is 11.6 Å². The van der Waals surface area contributed by atoms with Crippen molar-refractivity contribution in [1.82, 2.24) is 0 Å². The first-order chi connectivity index (χ1) is 14.3. The number of allylic oxidation sites excluding steroid dienone is 5. The van der Waals surface area contributed by atoms with Gasteiger partial charge in [0, 0.05) is 15.7 Å². The quantitative estimate of drug-likeness (QED) is 0.419. The van der Waals surface area contributed by atoms with E-state index in [9.17, 15) is 9.59 Å². The summed E-state index contributed by atoms with van der Waals surface area (Å²) in [6.07, 6.45) is 15.1. The number of benzene rings is 1. The van der Waals surface area contributed by atoms with Crippen LogP contribution < -0.4 is 0 Å². The maximum atomic E-state index is 13.5. The van der Waals surface area contributed by atoms with E-state index in [1.165, 1.54) is 10.5 Å². The molecule has 0 radical (unpaired) electrons. The summed E-state index contributed by atoms with van der Waals surface area (Å²) in [4.78, 5) is 26.7. The molecule has 4 aliphatic rings. The molecule has 0 amide bonds. The predicted octanol–water partition coefficient (Wildman–Crippen LogP) is 6.28. The summed E-state index contributed by atoms with van der Waals surface area (Å²) in [5, 5.41) is 0. The lowest BCUT2D eigenvalue weighted by Crippen LogP contribution is -2.49. The van der Waals surface area contributed by atoms with E-state index in [0.717, 1.165) is 43.2 Å². The van der Waals surface area contributed by atoms with E-state index < -0.39 is 0 Å². The Morgan fingerprint density at radius 3 is 2.57 bits per heavy atom. The lowest BCUT2D eigenvalue weighted by Gasteiger charge is -2.55. The fourth-order valence-electron chi connectivity index (χ4n) is 6.90. The third kappa shape index (κ3) is 2.92. The van der Waals surface area contributed by atoms with Crippen molar-refractivity contribution in [1.29, 1.82) is 0 Å². The van der Waals surface area contributed by atoms with Gasteiger partial charge in [-0.1, -0.05) is 37.6 Å². The van der Waals surface area contributed by atoms with Gasteiger partial charge in [0.2, 0.25) is 0 Å². The second-order valence-corrected chi connectivity index (χ2v) is 10.9. The van der Waals surface area contributed by atoms with Gasteiger partial charge in [-0.05, 0) is 97.6 Å². The van der Waals surface area contributed by atoms with E-state index in [2.05, 4.69) is 56.5 Å². The molecule has 0 unspecified atom stereocenters. The van der Waals surface area contributed by atoms with Gasteiger partial charge in [0.1, 0.15) is 0 Å². The lowest BCUT2D eigenvalue weighted by atomic mass is 9.48. The Kier molecular flexibility index (Phi) is 4.74. The van der Waals surface area contributed by atoms with Gasteiger partial charge in [0.25, 0.3) is 0 Å². The molecular formula is C27H30O2S. The Bertz CT molecular complexity index is 998. The number of rotatable bonds is 2. The number of hydrogen-bond acceptors (Lipinski definition) is 3. The van der Waals surface area contributed by atoms with Crippen molar-refractivity contribution in [2.75, 3.05) is 6.26 Å². The van der Waals surface area contributed by atoms with Crippen molar-refractivity contribution in [3.63, 3.8) is 0 Å². The fourth-order valence-corrected chi connectivity index (χ4v) is 7.31. The van der Waals surface area contributed by atoms with E-state index in [4.69, 9.17) is 0 Å². The van der Waals surface area contributed by atoms with Crippen LogP contribution in [0.25, 0.3) is 6.08 Å². The summed E-state index contributed by atoms with van der Waals surface area (Å²) in [6.45, 7) is 4.55.